The molecule has 0 fully saturated rings. The van der Waals surface area contributed by atoms with Crippen LogP contribution in [0.15, 0.2) is 245 Å². The Labute approximate surface area is 468 Å². The number of para-hydroxylation sites is 4. The van der Waals surface area contributed by atoms with Crippen LogP contribution in [0, 0.1) is 0 Å². The molecule has 11 aromatic carbocycles. The molecule has 0 amide bonds. The molecule has 0 bridgehead atoms. The number of anilines is 6. The molecule has 4 nitrogen and oxygen atoms in total. The molecule has 0 aliphatic carbocycles. The predicted octanol–water partition coefficient (Wildman–Crippen LogP) is 18.8. The van der Waals surface area contributed by atoms with Crippen LogP contribution in [0.25, 0.3) is 88.4 Å². The third kappa shape index (κ3) is 7.43. The van der Waals surface area contributed by atoms with Gasteiger partial charge in [-0.2, -0.15) is 0 Å². The van der Waals surface area contributed by atoms with E-state index >= 15 is 0 Å². The highest BCUT2D eigenvalue weighted by Gasteiger charge is 2.45. The van der Waals surface area contributed by atoms with Crippen molar-refractivity contribution in [2.45, 2.75) is 52.4 Å². The molecule has 13 aromatic rings. The molecule has 0 atom stereocenters. The number of fused-ring (bicyclic) bond motifs is 10. The number of hydrogen-bond acceptors (Lipinski definition) is 4. The molecule has 15 rings (SSSR count). The summed E-state index contributed by atoms with van der Waals surface area (Å²) in [5.41, 5.74) is 20.5. The van der Waals surface area contributed by atoms with Crippen LogP contribution in [-0.2, 0) is 10.8 Å². The minimum atomic E-state index is -0.434. The van der Waals surface area contributed by atoms with Gasteiger partial charge in [-0.1, -0.05) is 242 Å². The Morgan fingerprint density at radius 2 is 0.772 bits per heavy atom. The summed E-state index contributed by atoms with van der Waals surface area (Å²) in [6.07, 6.45) is 0. The Hall–Kier alpha value is -9.32. The zero-order chi connectivity index (χ0) is 57.7. The first-order chi connectivity index (χ1) is 40.5. The first-order valence-electron chi connectivity index (χ1n) is 29.8. The molecule has 2 aliphatic heterocycles. The van der Waals surface area contributed by atoms with E-state index in [9.17, 15) is 2.74 Å². The van der Waals surface area contributed by atoms with Crippen molar-refractivity contribution in [2.75, 3.05) is 9.80 Å². The van der Waals surface area contributed by atoms with E-state index in [-0.39, 0.29) is 40.6 Å². The fourth-order valence-electron chi connectivity index (χ4n) is 12.5. The van der Waals surface area contributed by atoms with Gasteiger partial charge in [0.1, 0.15) is 11.2 Å². The van der Waals surface area contributed by atoms with Crippen molar-refractivity contribution in [3.63, 3.8) is 0 Å². The largest absolute Gasteiger partial charge is 0.453 e. The number of benzene rings is 11. The van der Waals surface area contributed by atoms with E-state index in [1.807, 2.05) is 18.2 Å². The highest BCUT2D eigenvalue weighted by molar-refractivity contribution is 7.00. The maximum Gasteiger partial charge on any atom is 0.252 e. The number of hydrogen-bond donors (Lipinski definition) is 0. The minimum Gasteiger partial charge on any atom is -0.453 e. The molecule has 0 spiro atoms. The van der Waals surface area contributed by atoms with E-state index in [2.05, 4.69) is 239 Å². The Kier molecular flexibility index (Phi) is 9.32. The molecular weight excluding hydrogens is 960 g/mol. The molecule has 79 heavy (non-hydrogen) atoms. The summed E-state index contributed by atoms with van der Waals surface area (Å²) in [4.78, 5) is 4.77. The van der Waals surface area contributed by atoms with Crippen LogP contribution >= 0.6 is 0 Å². The average molecular weight is 1020 g/mol. The van der Waals surface area contributed by atoms with E-state index in [1.54, 1.807) is 0 Å². The molecule has 2 aromatic heterocycles. The van der Waals surface area contributed by atoms with E-state index in [4.69, 9.17) is 12.9 Å². The lowest BCUT2D eigenvalue weighted by atomic mass is 9.33. The molecule has 0 unspecified atom stereocenters. The van der Waals surface area contributed by atoms with Crippen LogP contribution in [0.1, 0.15) is 59.5 Å². The van der Waals surface area contributed by atoms with Gasteiger partial charge in [-0.05, 0) is 108 Å². The second kappa shape index (κ2) is 17.6. The quantitative estimate of drug-likeness (QED) is 0.155. The topological polar surface area (TPSA) is 32.8 Å². The van der Waals surface area contributed by atoms with Crippen molar-refractivity contribution in [3.05, 3.63) is 248 Å². The monoisotopic (exact) mass is 1020 g/mol. The van der Waals surface area contributed by atoms with Gasteiger partial charge in [-0.15, -0.1) is 0 Å². The molecule has 4 heterocycles. The van der Waals surface area contributed by atoms with Gasteiger partial charge in [0.2, 0.25) is 0 Å². The van der Waals surface area contributed by atoms with Crippen LogP contribution in [0.3, 0.4) is 0 Å². The lowest BCUT2D eigenvalue weighted by molar-refractivity contribution is 0.590. The maximum atomic E-state index is 9.33. The zero-order valence-corrected chi connectivity index (χ0v) is 44.9. The molecule has 0 radical (unpaired) electrons. The average Bonchev–Trinajstić information content (AvgIpc) is 0.919. The van der Waals surface area contributed by atoms with Gasteiger partial charge in [-0.25, -0.2) is 0 Å². The summed E-state index contributed by atoms with van der Waals surface area (Å²) in [5, 5.41) is 4.00. The second-order valence-electron chi connectivity index (χ2n) is 23.3. The Balaban J connectivity index is 1.08. The normalized spacial score (nSPS) is 14.0. The molecule has 378 valence electrons. The van der Waals surface area contributed by atoms with Crippen molar-refractivity contribution in [1.29, 1.82) is 0 Å². The SMILES string of the molecule is [2H]c1c([2H])c([2H])c(-c2ccc3c(c2)B2c4cc(-c5cccc(C(C)(C)C)c5)ccc4N(c4cccc5c4oc4c(-c6ccccc6)cccc45)c4cc(C(C)(C)C)cc(c42)N3c2cccc3c2oc2c(-c4ccccc4)cccc23)c([2H])c1[2H]. The van der Waals surface area contributed by atoms with E-state index < -0.39 is 12.8 Å². The van der Waals surface area contributed by atoms with Crippen LogP contribution in [0.5, 0.6) is 0 Å². The molecule has 0 saturated heterocycles. The lowest BCUT2D eigenvalue weighted by Crippen LogP contribution is -2.61. The van der Waals surface area contributed by atoms with Crippen molar-refractivity contribution >= 4 is 101 Å². The van der Waals surface area contributed by atoms with Crippen LogP contribution in [0.2, 0.25) is 0 Å². The standard InChI is InChI=1S/C74H57BN2O2/c1-73(2,3)52-28-16-27-49(41-52)51-38-40-63-61(43-51)75-60-42-50(46-21-10-7-11-22-46)37-39-62(60)76(64-35-19-33-58-56-31-17-29-54(69(56)78-71(58)64)47-23-12-8-13-24-47)66-44-53(74(4,5)6)45-67(68(66)75)77(63)65-36-20-34-59-57-32-18-30-55(70(57)79-72(59)65)48-25-14-9-15-26-48/h7-45H,1-6H3/i7D,10D,11D,21D,22D. The summed E-state index contributed by atoms with van der Waals surface area (Å²) in [7, 11) is 0. The zero-order valence-electron chi connectivity index (χ0n) is 49.9. The summed E-state index contributed by atoms with van der Waals surface area (Å²) >= 11 is 0. The highest BCUT2D eigenvalue weighted by Crippen LogP contribution is 2.51. The smallest absolute Gasteiger partial charge is 0.252 e. The van der Waals surface area contributed by atoms with Gasteiger partial charge in [0, 0.05) is 55.4 Å². The summed E-state index contributed by atoms with van der Waals surface area (Å²) in [6, 6.07) is 71.2. The molecular formula is C74H57BN2O2. The van der Waals surface area contributed by atoms with E-state index in [0.29, 0.717) is 5.56 Å². The summed E-state index contributed by atoms with van der Waals surface area (Å²) in [6.45, 7) is 13.1. The fourth-order valence-corrected chi connectivity index (χ4v) is 12.5. The van der Waals surface area contributed by atoms with E-state index in [0.717, 1.165) is 133 Å². The second-order valence-corrected chi connectivity index (χ2v) is 23.3. The Bertz CT molecular complexity index is 4850. The Morgan fingerprint density at radius 1 is 0.342 bits per heavy atom. The third-order valence-electron chi connectivity index (χ3n) is 16.4. The van der Waals surface area contributed by atoms with Crippen LogP contribution in [-0.4, -0.2) is 6.71 Å². The number of furan rings is 2. The first-order valence-corrected chi connectivity index (χ1v) is 27.3. The van der Waals surface area contributed by atoms with Crippen LogP contribution in [0.4, 0.5) is 34.1 Å². The first kappa shape index (κ1) is 41.8. The molecule has 0 N–H and O–H groups in total. The number of rotatable bonds is 6. The minimum absolute atomic E-state index is 0.0946. The third-order valence-corrected chi connectivity index (χ3v) is 16.4. The Morgan fingerprint density at radius 3 is 1.27 bits per heavy atom. The fraction of sp³-hybridized carbons (Fsp3) is 0.108. The van der Waals surface area contributed by atoms with Crippen molar-refractivity contribution in [1.82, 2.24) is 0 Å². The van der Waals surface area contributed by atoms with Gasteiger partial charge in [0.15, 0.2) is 11.2 Å². The van der Waals surface area contributed by atoms with Gasteiger partial charge >= 0.3 is 0 Å². The number of nitrogens with zero attached hydrogens (tertiary/aromatic N) is 2. The lowest BCUT2D eigenvalue weighted by Gasteiger charge is -2.45. The highest BCUT2D eigenvalue weighted by atomic mass is 16.3. The van der Waals surface area contributed by atoms with Gasteiger partial charge in [-0.3, -0.25) is 0 Å². The van der Waals surface area contributed by atoms with Crippen LogP contribution < -0.4 is 26.2 Å². The van der Waals surface area contributed by atoms with E-state index in [1.165, 1.54) is 5.56 Å². The van der Waals surface area contributed by atoms with Crippen molar-refractivity contribution in [3.8, 4) is 44.5 Å². The van der Waals surface area contributed by atoms with Crippen molar-refractivity contribution in [2.24, 2.45) is 0 Å². The van der Waals surface area contributed by atoms with Crippen molar-refractivity contribution < 1.29 is 15.7 Å². The van der Waals surface area contributed by atoms with Gasteiger partial charge < -0.3 is 18.6 Å². The molecule has 2 aliphatic rings. The van der Waals surface area contributed by atoms with Gasteiger partial charge in [0.05, 0.1) is 18.2 Å². The van der Waals surface area contributed by atoms with Gasteiger partial charge in [0.25, 0.3) is 6.71 Å². The molecule has 5 heteroatoms. The molecule has 0 saturated carbocycles. The predicted molar refractivity (Wildman–Crippen MR) is 334 cm³/mol. The summed E-state index contributed by atoms with van der Waals surface area (Å²) in [5.74, 6) is 0. The summed E-state index contributed by atoms with van der Waals surface area (Å²) < 4.78 is 59.6. The maximum absolute atomic E-state index is 9.33.